The van der Waals surface area contributed by atoms with Crippen molar-refractivity contribution in [1.29, 1.82) is 0 Å². The number of carbonyl (C=O) groups excluding carboxylic acids is 1. The van der Waals surface area contributed by atoms with E-state index < -0.39 is 0 Å². The second kappa shape index (κ2) is 7.94. The summed E-state index contributed by atoms with van der Waals surface area (Å²) in [6, 6.07) is 7.67. The van der Waals surface area contributed by atoms with Crippen LogP contribution in [0.25, 0.3) is 0 Å². The minimum Gasteiger partial charge on any atom is -0.303 e. The van der Waals surface area contributed by atoms with E-state index in [9.17, 15) is 4.79 Å². The number of likely N-dealkylation sites (tertiary alicyclic amines) is 1. The van der Waals surface area contributed by atoms with Crippen LogP contribution < -0.4 is 0 Å². The molecular formula is C17H24BrNO. The van der Waals surface area contributed by atoms with E-state index in [1.54, 1.807) is 0 Å². The molecule has 1 heterocycles. The monoisotopic (exact) mass is 337 g/mol. The quantitative estimate of drug-likeness (QED) is 0.681. The summed E-state index contributed by atoms with van der Waals surface area (Å²) in [5.41, 5.74) is 0.832. The number of rotatable bonds is 7. The third kappa shape index (κ3) is 4.71. The number of hydrogen-bond donors (Lipinski definition) is 0. The number of ketones is 1. The summed E-state index contributed by atoms with van der Waals surface area (Å²) in [6.45, 7) is 5.79. The lowest BCUT2D eigenvalue weighted by Gasteiger charge is -2.15. The normalized spacial score (nSPS) is 19.4. The summed E-state index contributed by atoms with van der Waals surface area (Å²) >= 11 is 3.39. The van der Waals surface area contributed by atoms with Crippen LogP contribution in [0.1, 0.15) is 49.4 Å². The van der Waals surface area contributed by atoms with Crippen molar-refractivity contribution in [2.45, 2.75) is 39.0 Å². The van der Waals surface area contributed by atoms with Crippen LogP contribution in [-0.2, 0) is 0 Å². The first kappa shape index (κ1) is 15.7. The van der Waals surface area contributed by atoms with E-state index in [-0.39, 0.29) is 5.78 Å². The highest BCUT2D eigenvalue weighted by Crippen LogP contribution is 2.21. The average Bonchev–Trinajstić information content (AvgIpc) is 2.87. The van der Waals surface area contributed by atoms with Crippen LogP contribution >= 0.6 is 15.9 Å². The molecule has 0 amide bonds. The summed E-state index contributed by atoms with van der Waals surface area (Å²) in [4.78, 5) is 14.6. The summed E-state index contributed by atoms with van der Waals surface area (Å²) in [5.74, 6) is 1.16. The molecule has 0 N–H and O–H groups in total. The Hall–Kier alpha value is -0.670. The van der Waals surface area contributed by atoms with Gasteiger partial charge in [0.05, 0.1) is 0 Å². The van der Waals surface area contributed by atoms with Gasteiger partial charge in [0.25, 0.3) is 0 Å². The minimum absolute atomic E-state index is 0.266. The van der Waals surface area contributed by atoms with Gasteiger partial charge in [-0.15, -0.1) is 0 Å². The molecule has 2 rings (SSSR count). The first-order valence-electron chi connectivity index (χ1n) is 7.70. The molecule has 1 saturated heterocycles. The molecule has 0 aliphatic carbocycles. The van der Waals surface area contributed by atoms with Gasteiger partial charge in [-0.05, 0) is 50.4 Å². The Labute approximate surface area is 130 Å². The zero-order chi connectivity index (χ0) is 14.4. The molecule has 1 aliphatic heterocycles. The SMILES string of the molecule is CCCC1CCN(CCCC(=O)c2ccc(Br)cc2)C1. The Balaban J connectivity index is 1.68. The Morgan fingerprint density at radius 1 is 1.35 bits per heavy atom. The maximum Gasteiger partial charge on any atom is 0.162 e. The molecule has 1 fully saturated rings. The number of hydrogen-bond acceptors (Lipinski definition) is 2. The standard InChI is InChI=1S/C17H24BrNO/c1-2-4-14-10-12-19(13-14)11-3-5-17(20)15-6-8-16(18)9-7-15/h6-9,14H,2-5,10-13H2,1H3. The highest BCUT2D eigenvalue weighted by molar-refractivity contribution is 9.10. The molecule has 0 radical (unpaired) electrons. The molecular weight excluding hydrogens is 314 g/mol. The maximum absolute atomic E-state index is 12.1. The molecule has 1 unspecified atom stereocenters. The highest BCUT2D eigenvalue weighted by atomic mass is 79.9. The molecule has 20 heavy (non-hydrogen) atoms. The fraction of sp³-hybridized carbons (Fsp3) is 0.588. The zero-order valence-electron chi connectivity index (χ0n) is 12.3. The fourth-order valence-corrected chi connectivity index (χ4v) is 3.27. The molecule has 2 nitrogen and oxygen atoms in total. The molecule has 110 valence electrons. The smallest absolute Gasteiger partial charge is 0.162 e. The lowest BCUT2D eigenvalue weighted by atomic mass is 10.0. The van der Waals surface area contributed by atoms with E-state index in [4.69, 9.17) is 0 Å². The summed E-state index contributed by atoms with van der Waals surface area (Å²) in [5, 5.41) is 0. The van der Waals surface area contributed by atoms with Gasteiger partial charge in [0, 0.05) is 23.0 Å². The molecule has 0 spiro atoms. The van der Waals surface area contributed by atoms with E-state index in [1.807, 2.05) is 24.3 Å². The third-order valence-corrected chi connectivity index (χ3v) is 4.64. The van der Waals surface area contributed by atoms with E-state index in [0.29, 0.717) is 6.42 Å². The number of Topliss-reactive ketones (excluding diaryl/α,β-unsaturated/α-hetero) is 1. The Morgan fingerprint density at radius 3 is 2.80 bits per heavy atom. The van der Waals surface area contributed by atoms with Crippen molar-refractivity contribution in [3.05, 3.63) is 34.3 Å². The van der Waals surface area contributed by atoms with Gasteiger partial charge in [-0.25, -0.2) is 0 Å². The van der Waals surface area contributed by atoms with E-state index in [1.165, 1.54) is 32.4 Å². The van der Waals surface area contributed by atoms with Gasteiger partial charge in [-0.3, -0.25) is 4.79 Å². The second-order valence-corrected chi connectivity index (χ2v) is 6.69. The van der Waals surface area contributed by atoms with Gasteiger partial charge in [0.15, 0.2) is 5.78 Å². The van der Waals surface area contributed by atoms with E-state index in [2.05, 4.69) is 27.8 Å². The largest absolute Gasteiger partial charge is 0.303 e. The van der Waals surface area contributed by atoms with Crippen LogP contribution in [0.15, 0.2) is 28.7 Å². The van der Waals surface area contributed by atoms with Crippen molar-refractivity contribution < 1.29 is 4.79 Å². The van der Waals surface area contributed by atoms with E-state index >= 15 is 0 Å². The Bertz CT molecular complexity index is 429. The molecule has 3 heteroatoms. The summed E-state index contributed by atoms with van der Waals surface area (Å²) in [7, 11) is 0. The van der Waals surface area contributed by atoms with Crippen LogP contribution in [0.5, 0.6) is 0 Å². The number of nitrogens with zero attached hydrogens (tertiary/aromatic N) is 1. The average molecular weight is 338 g/mol. The van der Waals surface area contributed by atoms with Gasteiger partial charge in [-0.2, -0.15) is 0 Å². The predicted molar refractivity (Wildman–Crippen MR) is 87.2 cm³/mol. The van der Waals surface area contributed by atoms with Gasteiger partial charge in [-0.1, -0.05) is 41.4 Å². The molecule has 1 aliphatic rings. The molecule has 1 atom stereocenters. The molecule has 0 aromatic heterocycles. The van der Waals surface area contributed by atoms with Crippen molar-refractivity contribution in [2.75, 3.05) is 19.6 Å². The molecule has 1 aromatic rings. The van der Waals surface area contributed by atoms with Crippen molar-refractivity contribution in [1.82, 2.24) is 4.90 Å². The van der Waals surface area contributed by atoms with Crippen LogP contribution in [0, 0.1) is 5.92 Å². The lowest BCUT2D eigenvalue weighted by Crippen LogP contribution is -2.22. The fourth-order valence-electron chi connectivity index (χ4n) is 3.00. The number of halogens is 1. The van der Waals surface area contributed by atoms with Crippen molar-refractivity contribution in [2.24, 2.45) is 5.92 Å². The Kier molecular flexibility index (Phi) is 6.24. The van der Waals surface area contributed by atoms with Gasteiger partial charge in [0.1, 0.15) is 0 Å². The van der Waals surface area contributed by atoms with Gasteiger partial charge in [0.2, 0.25) is 0 Å². The lowest BCUT2D eigenvalue weighted by molar-refractivity contribution is 0.0976. The summed E-state index contributed by atoms with van der Waals surface area (Å²) < 4.78 is 1.02. The van der Waals surface area contributed by atoms with Crippen LogP contribution in [0.3, 0.4) is 0 Å². The maximum atomic E-state index is 12.1. The topological polar surface area (TPSA) is 20.3 Å². The minimum atomic E-state index is 0.266. The van der Waals surface area contributed by atoms with Crippen molar-refractivity contribution in [3.8, 4) is 0 Å². The molecule has 1 aromatic carbocycles. The van der Waals surface area contributed by atoms with Crippen molar-refractivity contribution in [3.63, 3.8) is 0 Å². The van der Waals surface area contributed by atoms with Crippen LogP contribution in [-0.4, -0.2) is 30.3 Å². The van der Waals surface area contributed by atoms with Gasteiger partial charge >= 0.3 is 0 Å². The van der Waals surface area contributed by atoms with Crippen LogP contribution in [0.2, 0.25) is 0 Å². The summed E-state index contributed by atoms with van der Waals surface area (Å²) in [6.07, 6.45) is 5.63. The van der Waals surface area contributed by atoms with Crippen LogP contribution in [0.4, 0.5) is 0 Å². The highest BCUT2D eigenvalue weighted by Gasteiger charge is 2.21. The Morgan fingerprint density at radius 2 is 2.10 bits per heavy atom. The number of benzene rings is 1. The predicted octanol–water partition coefficient (Wildman–Crippen LogP) is 4.53. The van der Waals surface area contributed by atoms with E-state index in [0.717, 1.165) is 28.9 Å². The zero-order valence-corrected chi connectivity index (χ0v) is 13.9. The first-order chi connectivity index (χ1) is 9.69. The first-order valence-corrected chi connectivity index (χ1v) is 8.49. The molecule has 0 bridgehead atoms. The number of carbonyl (C=O) groups is 1. The molecule has 0 saturated carbocycles. The second-order valence-electron chi connectivity index (χ2n) is 5.78. The van der Waals surface area contributed by atoms with Gasteiger partial charge < -0.3 is 4.90 Å². The van der Waals surface area contributed by atoms with Crippen molar-refractivity contribution >= 4 is 21.7 Å². The third-order valence-electron chi connectivity index (χ3n) is 4.11.